The number of esters is 1. The molecule has 1 N–H and O–H groups in total. The summed E-state index contributed by atoms with van der Waals surface area (Å²) in [4.78, 5) is 29.3. The van der Waals surface area contributed by atoms with Crippen molar-refractivity contribution in [2.24, 2.45) is 0 Å². The van der Waals surface area contributed by atoms with Gasteiger partial charge in [0.25, 0.3) is 15.9 Å². The van der Waals surface area contributed by atoms with Gasteiger partial charge in [0, 0.05) is 15.9 Å². The molecule has 4 aromatic rings. The van der Waals surface area contributed by atoms with E-state index in [1.165, 1.54) is 49.5 Å². The van der Waals surface area contributed by atoms with E-state index in [1.807, 2.05) is 48.5 Å². The lowest BCUT2D eigenvalue weighted by molar-refractivity contribution is -0.121. The molecule has 12 heteroatoms. The zero-order chi connectivity index (χ0) is 29.1. The maximum atomic E-state index is 13.3. The minimum Gasteiger partial charge on any atom is -0.495 e. The lowest BCUT2D eigenvalue weighted by atomic mass is 10.2. The van der Waals surface area contributed by atoms with Crippen LogP contribution in [-0.4, -0.2) is 41.1 Å². The smallest absolute Gasteiger partial charge is 0.338 e. The molecule has 5 rings (SSSR count). The van der Waals surface area contributed by atoms with Crippen molar-refractivity contribution in [3.8, 4) is 11.5 Å². The fourth-order valence-electron chi connectivity index (χ4n) is 4.18. The Labute approximate surface area is 246 Å². The van der Waals surface area contributed by atoms with E-state index in [-0.39, 0.29) is 26.9 Å². The lowest BCUT2D eigenvalue weighted by Crippen LogP contribution is -2.32. The Morgan fingerprint density at radius 3 is 2.12 bits per heavy atom. The molecule has 210 valence electrons. The van der Waals surface area contributed by atoms with Crippen molar-refractivity contribution in [1.29, 1.82) is 0 Å². The highest BCUT2D eigenvalue weighted by molar-refractivity contribution is 7.99. The third-order valence-corrected chi connectivity index (χ3v) is 8.90. The Morgan fingerprint density at radius 2 is 1.49 bits per heavy atom. The van der Waals surface area contributed by atoms with Crippen LogP contribution in [-0.2, 0) is 19.6 Å². The average Bonchev–Trinajstić information content (AvgIpc) is 2.98. The third kappa shape index (κ3) is 5.83. The number of benzene rings is 4. The van der Waals surface area contributed by atoms with Gasteiger partial charge in [0.15, 0.2) is 6.61 Å². The van der Waals surface area contributed by atoms with Crippen LogP contribution < -0.4 is 19.1 Å². The first-order chi connectivity index (χ1) is 19.7. The first-order valence-corrected chi connectivity index (χ1v) is 14.8. The van der Waals surface area contributed by atoms with Crippen LogP contribution >= 0.6 is 23.4 Å². The van der Waals surface area contributed by atoms with Crippen molar-refractivity contribution in [2.45, 2.75) is 14.7 Å². The standard InChI is InChI=1S/C29H23ClN2O7S2/c1-37-24-16-25(38-2)21(15-20(24)30)31-41(35,36)19-9-7-8-18(14-19)29(34)39-17-28(33)32-22-10-3-5-12-26(22)40-27-13-6-4-11-23(27)32/h3-16,31H,17H2,1-2H3. The van der Waals surface area contributed by atoms with Crippen molar-refractivity contribution in [3.05, 3.63) is 95.5 Å². The van der Waals surface area contributed by atoms with Gasteiger partial charge in [-0.25, -0.2) is 13.2 Å². The van der Waals surface area contributed by atoms with Crippen molar-refractivity contribution >= 4 is 62.3 Å². The average molecular weight is 611 g/mol. The highest BCUT2D eigenvalue weighted by atomic mass is 35.5. The van der Waals surface area contributed by atoms with Crippen molar-refractivity contribution in [1.82, 2.24) is 0 Å². The fourth-order valence-corrected chi connectivity index (χ4v) is 6.59. The molecule has 0 spiro atoms. The Kier molecular flexibility index (Phi) is 8.11. The summed E-state index contributed by atoms with van der Waals surface area (Å²) in [6.45, 7) is -0.553. The Morgan fingerprint density at radius 1 is 0.854 bits per heavy atom. The van der Waals surface area contributed by atoms with Crippen molar-refractivity contribution in [3.63, 3.8) is 0 Å². The van der Waals surface area contributed by atoms with Gasteiger partial charge >= 0.3 is 5.97 Å². The van der Waals surface area contributed by atoms with Gasteiger partial charge in [-0.1, -0.05) is 53.7 Å². The fraction of sp³-hybridized carbons (Fsp3) is 0.103. The van der Waals surface area contributed by atoms with Crippen LogP contribution in [0.5, 0.6) is 11.5 Å². The Hall–Kier alpha value is -4.19. The molecule has 0 aromatic heterocycles. The SMILES string of the molecule is COc1cc(OC)c(NS(=O)(=O)c2cccc(C(=O)OCC(=O)N3c4ccccc4Sc4ccccc43)c2)cc1Cl. The summed E-state index contributed by atoms with van der Waals surface area (Å²) in [5.74, 6) is -0.815. The predicted octanol–water partition coefficient (Wildman–Crippen LogP) is 6.14. The van der Waals surface area contributed by atoms with Gasteiger partial charge < -0.3 is 14.2 Å². The normalized spacial score (nSPS) is 12.1. The first-order valence-electron chi connectivity index (χ1n) is 12.1. The van der Waals surface area contributed by atoms with E-state index in [1.54, 1.807) is 11.8 Å². The van der Waals surface area contributed by atoms with Crippen LogP contribution in [0.4, 0.5) is 17.1 Å². The van der Waals surface area contributed by atoms with Gasteiger partial charge in [-0.15, -0.1) is 0 Å². The molecule has 0 bridgehead atoms. The molecule has 4 aromatic carbocycles. The molecule has 0 radical (unpaired) electrons. The Bertz CT molecular complexity index is 1720. The number of nitrogens with one attached hydrogen (secondary N) is 1. The van der Waals surface area contributed by atoms with Crippen LogP contribution in [0.2, 0.25) is 5.02 Å². The summed E-state index contributed by atoms with van der Waals surface area (Å²) in [7, 11) is -1.37. The van der Waals surface area contributed by atoms with Crippen LogP contribution in [0, 0.1) is 0 Å². The summed E-state index contributed by atoms with van der Waals surface area (Å²) in [6.07, 6.45) is 0. The second-order valence-electron chi connectivity index (χ2n) is 8.66. The second-order valence-corrected chi connectivity index (χ2v) is 11.8. The molecule has 0 fully saturated rings. The number of halogens is 1. The second kappa shape index (κ2) is 11.7. The highest BCUT2D eigenvalue weighted by Crippen LogP contribution is 2.47. The third-order valence-electron chi connectivity index (χ3n) is 6.11. The van der Waals surface area contributed by atoms with E-state index in [4.69, 9.17) is 25.8 Å². The molecule has 9 nitrogen and oxygen atoms in total. The number of hydrogen-bond acceptors (Lipinski definition) is 8. The van der Waals surface area contributed by atoms with E-state index < -0.39 is 28.5 Å². The molecular weight excluding hydrogens is 588 g/mol. The van der Waals surface area contributed by atoms with Gasteiger partial charge in [-0.05, 0) is 48.5 Å². The van der Waals surface area contributed by atoms with E-state index >= 15 is 0 Å². The number of carbonyl (C=O) groups excluding carboxylic acids is 2. The molecule has 0 unspecified atom stereocenters. The molecule has 0 atom stereocenters. The molecule has 41 heavy (non-hydrogen) atoms. The van der Waals surface area contributed by atoms with Gasteiger partial charge in [-0.3, -0.25) is 14.4 Å². The van der Waals surface area contributed by atoms with E-state index in [0.29, 0.717) is 17.1 Å². The number of ether oxygens (including phenoxy) is 3. The molecule has 0 saturated heterocycles. The number of methoxy groups -OCH3 is 2. The number of amides is 1. The first kappa shape index (κ1) is 28.3. The quantitative estimate of drug-likeness (QED) is 0.237. The number of anilines is 3. The van der Waals surface area contributed by atoms with Crippen molar-refractivity contribution in [2.75, 3.05) is 30.4 Å². The van der Waals surface area contributed by atoms with Crippen LogP contribution in [0.25, 0.3) is 0 Å². The predicted molar refractivity (Wildman–Crippen MR) is 156 cm³/mol. The number of fused-ring (bicyclic) bond motifs is 2. The number of rotatable bonds is 8. The zero-order valence-electron chi connectivity index (χ0n) is 21.8. The van der Waals surface area contributed by atoms with Gasteiger partial charge in [0.05, 0.1) is 46.8 Å². The number of sulfonamides is 1. The summed E-state index contributed by atoms with van der Waals surface area (Å²) < 4.78 is 44.5. The topological polar surface area (TPSA) is 111 Å². The van der Waals surface area contributed by atoms with E-state index in [0.717, 1.165) is 15.9 Å². The van der Waals surface area contributed by atoms with E-state index in [2.05, 4.69) is 4.72 Å². The number of hydrogen-bond donors (Lipinski definition) is 1. The highest BCUT2D eigenvalue weighted by Gasteiger charge is 2.29. The Balaban J connectivity index is 1.33. The van der Waals surface area contributed by atoms with Crippen molar-refractivity contribution < 1.29 is 32.2 Å². The molecule has 1 amide bonds. The van der Waals surface area contributed by atoms with Crippen LogP contribution in [0.3, 0.4) is 0 Å². The monoisotopic (exact) mass is 610 g/mol. The number of carbonyl (C=O) groups is 2. The zero-order valence-corrected chi connectivity index (χ0v) is 24.2. The number of nitrogens with zero attached hydrogens (tertiary/aromatic N) is 1. The summed E-state index contributed by atoms with van der Waals surface area (Å²) in [6, 6.07) is 23.0. The van der Waals surface area contributed by atoms with Gasteiger partial charge in [0.1, 0.15) is 11.5 Å². The van der Waals surface area contributed by atoms with Crippen LogP contribution in [0.15, 0.2) is 99.6 Å². The summed E-state index contributed by atoms with van der Waals surface area (Å²) >= 11 is 7.71. The molecule has 1 heterocycles. The maximum absolute atomic E-state index is 13.3. The number of para-hydroxylation sites is 2. The molecule has 0 saturated carbocycles. The molecule has 0 aliphatic carbocycles. The molecule has 1 aliphatic heterocycles. The molecule has 1 aliphatic rings. The minimum atomic E-state index is -4.17. The summed E-state index contributed by atoms with van der Waals surface area (Å²) in [5.41, 5.74) is 1.41. The lowest BCUT2D eigenvalue weighted by Gasteiger charge is -2.30. The summed E-state index contributed by atoms with van der Waals surface area (Å²) in [5, 5.41) is 0.172. The van der Waals surface area contributed by atoms with Gasteiger partial charge in [0.2, 0.25) is 0 Å². The minimum absolute atomic E-state index is 0.0459. The maximum Gasteiger partial charge on any atom is 0.338 e. The van der Waals surface area contributed by atoms with E-state index in [9.17, 15) is 18.0 Å². The largest absolute Gasteiger partial charge is 0.495 e. The van der Waals surface area contributed by atoms with Crippen LogP contribution in [0.1, 0.15) is 10.4 Å². The van der Waals surface area contributed by atoms with Gasteiger partial charge in [-0.2, -0.15) is 0 Å². The molecular formula is C29H23ClN2O7S2.